The van der Waals surface area contributed by atoms with E-state index in [0.717, 1.165) is 6.07 Å². The lowest BCUT2D eigenvalue weighted by Crippen LogP contribution is -2.35. The molecule has 0 aliphatic rings. The number of hydrogen-bond acceptors (Lipinski definition) is 2. The summed E-state index contributed by atoms with van der Waals surface area (Å²) in [6, 6.07) is 5.28. The number of nitrogens with one attached hydrogen (secondary N) is 1. The molecule has 2 nitrogen and oxygen atoms in total. The highest BCUT2D eigenvalue weighted by Gasteiger charge is 2.33. The van der Waals surface area contributed by atoms with E-state index in [1.54, 1.807) is 6.92 Å². The number of anilines is 1. The second-order valence-corrected chi connectivity index (χ2v) is 5.49. The van der Waals surface area contributed by atoms with Crippen LogP contribution < -0.4 is 5.32 Å². The summed E-state index contributed by atoms with van der Waals surface area (Å²) in [6.07, 6.45) is -3.87. The van der Waals surface area contributed by atoms with Gasteiger partial charge in [0.1, 0.15) is 0 Å². The van der Waals surface area contributed by atoms with Gasteiger partial charge in [0.15, 0.2) is 0 Å². The predicted octanol–water partition coefficient (Wildman–Crippen LogP) is 3.91. The monoisotopic (exact) mass is 275 g/mol. The maximum absolute atomic E-state index is 12.8. The number of aliphatic hydroxyl groups is 1. The van der Waals surface area contributed by atoms with E-state index in [-0.39, 0.29) is 18.2 Å². The van der Waals surface area contributed by atoms with Crippen molar-refractivity contribution in [2.75, 3.05) is 11.9 Å². The summed E-state index contributed by atoms with van der Waals surface area (Å²) in [6.45, 7) is 5.62. The molecule has 1 aromatic carbocycles. The zero-order valence-corrected chi connectivity index (χ0v) is 11.4. The van der Waals surface area contributed by atoms with Gasteiger partial charge in [-0.25, -0.2) is 0 Å². The van der Waals surface area contributed by atoms with Crippen molar-refractivity contribution in [1.29, 1.82) is 0 Å². The molecule has 0 saturated carbocycles. The van der Waals surface area contributed by atoms with Crippen LogP contribution in [-0.4, -0.2) is 17.3 Å². The lowest BCUT2D eigenvalue weighted by molar-refractivity contribution is -0.137. The highest BCUT2D eigenvalue weighted by Crippen LogP contribution is 2.34. The molecule has 0 fully saturated rings. The average Bonchev–Trinajstić information content (AvgIpc) is 2.24. The van der Waals surface area contributed by atoms with Crippen molar-refractivity contribution in [3.63, 3.8) is 0 Å². The second kappa shape index (κ2) is 5.82. The lowest BCUT2D eigenvalue weighted by atomic mass is 9.94. The molecule has 0 amide bonds. The minimum absolute atomic E-state index is 0.000897. The molecule has 2 N–H and O–H groups in total. The fraction of sp³-hybridized carbons (Fsp3) is 0.571. The van der Waals surface area contributed by atoms with Gasteiger partial charge in [0, 0.05) is 12.2 Å². The van der Waals surface area contributed by atoms with Crippen LogP contribution in [-0.2, 0) is 6.18 Å². The van der Waals surface area contributed by atoms with E-state index in [1.165, 1.54) is 18.2 Å². The van der Waals surface area contributed by atoms with E-state index in [1.807, 2.05) is 13.8 Å². The van der Waals surface area contributed by atoms with Crippen LogP contribution in [0.5, 0.6) is 0 Å². The van der Waals surface area contributed by atoms with Crippen LogP contribution in [0.3, 0.4) is 0 Å². The van der Waals surface area contributed by atoms with Gasteiger partial charge in [-0.15, -0.1) is 0 Å². The Bertz CT molecular complexity index is 413. The van der Waals surface area contributed by atoms with E-state index in [4.69, 9.17) is 0 Å². The highest BCUT2D eigenvalue weighted by atomic mass is 19.4. The third-order valence-corrected chi connectivity index (χ3v) is 2.74. The van der Waals surface area contributed by atoms with E-state index in [9.17, 15) is 18.3 Å². The Labute approximate surface area is 111 Å². The Kier molecular flexibility index (Phi) is 4.85. The molecule has 0 saturated heterocycles. The molecule has 108 valence electrons. The van der Waals surface area contributed by atoms with E-state index >= 15 is 0 Å². The van der Waals surface area contributed by atoms with Crippen molar-refractivity contribution in [2.45, 2.75) is 39.0 Å². The Morgan fingerprint density at radius 3 is 2.32 bits per heavy atom. The standard InChI is InChI=1S/C14H20F3NO/c1-10(2)8-13(3,19)9-18-12-7-5-4-6-11(12)14(15,16)17/h4-7,10,18-19H,8-9H2,1-3H3. The number of para-hydroxylation sites is 1. The van der Waals surface area contributed by atoms with Crippen molar-refractivity contribution in [3.05, 3.63) is 29.8 Å². The number of rotatable bonds is 5. The van der Waals surface area contributed by atoms with Crippen LogP contribution in [0.1, 0.15) is 32.8 Å². The normalized spacial score (nSPS) is 15.4. The van der Waals surface area contributed by atoms with Crippen LogP contribution in [0.2, 0.25) is 0 Å². The van der Waals surface area contributed by atoms with Crippen LogP contribution in [0.15, 0.2) is 24.3 Å². The molecule has 1 atom stereocenters. The van der Waals surface area contributed by atoms with Crippen molar-refractivity contribution in [2.24, 2.45) is 5.92 Å². The van der Waals surface area contributed by atoms with Gasteiger partial charge in [-0.3, -0.25) is 0 Å². The number of alkyl halides is 3. The molecule has 0 aliphatic carbocycles. The van der Waals surface area contributed by atoms with Crippen molar-refractivity contribution in [1.82, 2.24) is 0 Å². The summed E-state index contributed by atoms with van der Waals surface area (Å²) >= 11 is 0. The summed E-state index contributed by atoms with van der Waals surface area (Å²) in [5.41, 5.74) is -1.75. The summed E-state index contributed by atoms with van der Waals surface area (Å²) in [5, 5.41) is 12.8. The topological polar surface area (TPSA) is 32.3 Å². The number of halogens is 3. The smallest absolute Gasteiger partial charge is 0.388 e. The first-order valence-corrected chi connectivity index (χ1v) is 6.24. The molecular weight excluding hydrogens is 255 g/mol. The average molecular weight is 275 g/mol. The summed E-state index contributed by atoms with van der Waals surface area (Å²) in [5.74, 6) is 0.273. The molecule has 0 aromatic heterocycles. The number of benzene rings is 1. The molecule has 5 heteroatoms. The lowest BCUT2D eigenvalue weighted by Gasteiger charge is -2.27. The van der Waals surface area contributed by atoms with Gasteiger partial charge in [-0.05, 0) is 31.4 Å². The highest BCUT2D eigenvalue weighted by molar-refractivity contribution is 5.52. The quantitative estimate of drug-likeness (QED) is 0.853. The van der Waals surface area contributed by atoms with Crippen molar-refractivity contribution >= 4 is 5.69 Å². The molecule has 0 bridgehead atoms. The summed E-state index contributed by atoms with van der Waals surface area (Å²) in [7, 11) is 0. The van der Waals surface area contributed by atoms with Gasteiger partial charge in [-0.1, -0.05) is 26.0 Å². The molecular formula is C14H20F3NO. The van der Waals surface area contributed by atoms with Gasteiger partial charge < -0.3 is 10.4 Å². The van der Waals surface area contributed by atoms with Gasteiger partial charge in [0.05, 0.1) is 11.2 Å². The fourth-order valence-corrected chi connectivity index (χ4v) is 2.12. The van der Waals surface area contributed by atoms with Crippen LogP contribution >= 0.6 is 0 Å². The van der Waals surface area contributed by atoms with Crippen molar-refractivity contribution < 1.29 is 18.3 Å². The maximum atomic E-state index is 12.8. The van der Waals surface area contributed by atoms with Gasteiger partial charge in [0.25, 0.3) is 0 Å². The van der Waals surface area contributed by atoms with Crippen LogP contribution in [0, 0.1) is 5.92 Å². The third kappa shape index (κ3) is 5.11. The third-order valence-electron chi connectivity index (χ3n) is 2.74. The Morgan fingerprint density at radius 1 is 1.21 bits per heavy atom. The zero-order valence-electron chi connectivity index (χ0n) is 11.4. The maximum Gasteiger partial charge on any atom is 0.418 e. The molecule has 19 heavy (non-hydrogen) atoms. The van der Waals surface area contributed by atoms with Crippen molar-refractivity contribution in [3.8, 4) is 0 Å². The Balaban J connectivity index is 2.79. The first-order chi connectivity index (χ1) is 8.62. The molecule has 1 rings (SSSR count). The predicted molar refractivity (Wildman–Crippen MR) is 70.0 cm³/mol. The van der Waals surface area contributed by atoms with Crippen LogP contribution in [0.25, 0.3) is 0 Å². The zero-order chi connectivity index (χ0) is 14.7. The minimum atomic E-state index is -4.40. The number of hydrogen-bond donors (Lipinski definition) is 2. The Morgan fingerprint density at radius 2 is 1.79 bits per heavy atom. The summed E-state index contributed by atoms with van der Waals surface area (Å²) in [4.78, 5) is 0. The summed E-state index contributed by atoms with van der Waals surface area (Å²) < 4.78 is 38.3. The fourth-order valence-electron chi connectivity index (χ4n) is 2.12. The van der Waals surface area contributed by atoms with Gasteiger partial charge >= 0.3 is 6.18 Å². The molecule has 1 unspecified atom stereocenters. The van der Waals surface area contributed by atoms with E-state index in [2.05, 4.69) is 5.32 Å². The first-order valence-electron chi connectivity index (χ1n) is 6.24. The van der Waals surface area contributed by atoms with Gasteiger partial charge in [0.2, 0.25) is 0 Å². The first kappa shape index (κ1) is 15.8. The Hall–Kier alpha value is -1.23. The minimum Gasteiger partial charge on any atom is -0.388 e. The largest absolute Gasteiger partial charge is 0.418 e. The van der Waals surface area contributed by atoms with Crippen LogP contribution in [0.4, 0.5) is 18.9 Å². The molecule has 0 radical (unpaired) electrons. The molecule has 0 aliphatic heterocycles. The molecule has 1 aromatic rings. The van der Waals surface area contributed by atoms with Gasteiger partial charge in [-0.2, -0.15) is 13.2 Å². The molecule has 0 spiro atoms. The van der Waals surface area contributed by atoms with E-state index in [0.29, 0.717) is 6.42 Å². The second-order valence-electron chi connectivity index (χ2n) is 5.49. The molecule has 0 heterocycles. The van der Waals surface area contributed by atoms with E-state index < -0.39 is 17.3 Å². The SMILES string of the molecule is CC(C)CC(C)(O)CNc1ccccc1C(F)(F)F.